The number of nitrogens with one attached hydrogen (secondary N) is 2. The first-order valence-corrected chi connectivity index (χ1v) is 8.33. The molecule has 0 radical (unpaired) electrons. The second-order valence-electron chi connectivity index (χ2n) is 6.47. The lowest BCUT2D eigenvalue weighted by molar-refractivity contribution is -0.136. The number of piperidine rings is 1. The maximum absolute atomic E-state index is 12.6. The molecule has 2 aliphatic rings. The van der Waals surface area contributed by atoms with Crippen LogP contribution < -0.4 is 16.4 Å². The van der Waals surface area contributed by atoms with E-state index in [9.17, 15) is 14.4 Å². The number of fused-ring (bicyclic) bond motifs is 1. The molecule has 0 aliphatic carbocycles. The van der Waals surface area contributed by atoms with E-state index in [0.717, 1.165) is 11.1 Å². The van der Waals surface area contributed by atoms with Gasteiger partial charge in [-0.05, 0) is 23.6 Å². The summed E-state index contributed by atoms with van der Waals surface area (Å²) in [6, 6.07) is 4.67. The van der Waals surface area contributed by atoms with Crippen LogP contribution >= 0.6 is 0 Å². The number of carbonyl (C=O) groups is 3. The molecule has 25 heavy (non-hydrogen) atoms. The highest BCUT2D eigenvalue weighted by atomic mass is 16.3. The van der Waals surface area contributed by atoms with Crippen molar-refractivity contribution in [3.8, 4) is 0 Å². The molecule has 5 N–H and O–H groups in total. The highest BCUT2D eigenvalue weighted by Gasteiger charge is 2.38. The van der Waals surface area contributed by atoms with Gasteiger partial charge in [0.25, 0.3) is 5.91 Å². The van der Waals surface area contributed by atoms with Crippen LogP contribution in [-0.2, 0) is 22.7 Å². The average molecular weight is 346 g/mol. The van der Waals surface area contributed by atoms with E-state index in [2.05, 4.69) is 10.6 Å². The first-order chi connectivity index (χ1) is 12.0. The van der Waals surface area contributed by atoms with Crippen molar-refractivity contribution in [2.75, 3.05) is 13.2 Å². The third kappa shape index (κ3) is 3.71. The third-order valence-corrected chi connectivity index (χ3v) is 4.56. The summed E-state index contributed by atoms with van der Waals surface area (Å²) < 4.78 is 0. The molecule has 3 amide bonds. The van der Waals surface area contributed by atoms with Crippen molar-refractivity contribution < 1.29 is 19.5 Å². The van der Waals surface area contributed by atoms with Gasteiger partial charge in [0.2, 0.25) is 11.8 Å². The number of hydrogen-bond donors (Lipinski definition) is 4. The van der Waals surface area contributed by atoms with Crippen LogP contribution in [0.15, 0.2) is 18.2 Å². The Bertz CT molecular complexity index is 706. The number of nitrogens with two attached hydrogens (primary N) is 1. The average Bonchev–Trinajstić information content (AvgIpc) is 2.91. The molecule has 1 unspecified atom stereocenters. The van der Waals surface area contributed by atoms with Crippen molar-refractivity contribution in [2.24, 2.45) is 5.73 Å². The van der Waals surface area contributed by atoms with Crippen LogP contribution in [0.5, 0.6) is 0 Å². The van der Waals surface area contributed by atoms with Gasteiger partial charge >= 0.3 is 0 Å². The van der Waals surface area contributed by atoms with Gasteiger partial charge in [0.1, 0.15) is 6.04 Å². The number of aliphatic hydroxyl groups excluding tert-OH is 1. The Kier molecular flexibility index (Phi) is 5.12. The topological polar surface area (TPSA) is 125 Å². The van der Waals surface area contributed by atoms with Crippen molar-refractivity contribution in [1.82, 2.24) is 15.5 Å². The van der Waals surface area contributed by atoms with Crippen LogP contribution in [-0.4, -0.2) is 53.0 Å². The summed E-state index contributed by atoms with van der Waals surface area (Å²) in [6.45, 7) is 1.36. The molecule has 2 atom stereocenters. The quantitative estimate of drug-likeness (QED) is 0.483. The molecule has 2 aliphatic heterocycles. The highest BCUT2D eigenvalue weighted by molar-refractivity contribution is 6.05. The molecular weight excluding hydrogens is 324 g/mol. The van der Waals surface area contributed by atoms with Gasteiger partial charge in [0.05, 0.1) is 6.61 Å². The molecule has 0 aromatic heterocycles. The van der Waals surface area contributed by atoms with Crippen molar-refractivity contribution in [3.63, 3.8) is 0 Å². The van der Waals surface area contributed by atoms with E-state index in [0.29, 0.717) is 31.6 Å². The monoisotopic (exact) mass is 346 g/mol. The lowest BCUT2D eigenvalue weighted by Crippen LogP contribution is -2.52. The summed E-state index contributed by atoms with van der Waals surface area (Å²) in [5, 5.41) is 14.4. The fourth-order valence-corrected chi connectivity index (χ4v) is 3.20. The minimum atomic E-state index is -0.596. The normalized spacial score (nSPS) is 21.3. The van der Waals surface area contributed by atoms with Gasteiger partial charge in [-0.1, -0.05) is 12.1 Å². The zero-order valence-corrected chi connectivity index (χ0v) is 13.8. The second kappa shape index (κ2) is 7.30. The molecular formula is C17H22N4O4. The number of nitrogens with zero attached hydrogens (tertiary/aromatic N) is 1. The van der Waals surface area contributed by atoms with E-state index in [1.54, 1.807) is 6.07 Å². The summed E-state index contributed by atoms with van der Waals surface area (Å²) in [6.07, 6.45) is 0.606. The van der Waals surface area contributed by atoms with Crippen molar-refractivity contribution in [2.45, 2.75) is 38.0 Å². The Morgan fingerprint density at radius 3 is 2.88 bits per heavy atom. The fourth-order valence-electron chi connectivity index (χ4n) is 3.20. The largest absolute Gasteiger partial charge is 0.395 e. The lowest BCUT2D eigenvalue weighted by Gasteiger charge is -2.29. The van der Waals surface area contributed by atoms with E-state index >= 15 is 0 Å². The number of aliphatic hydroxyl groups is 1. The fraction of sp³-hybridized carbons (Fsp3) is 0.471. The van der Waals surface area contributed by atoms with Crippen molar-refractivity contribution in [1.29, 1.82) is 0 Å². The molecule has 1 aromatic carbocycles. The molecule has 3 rings (SSSR count). The van der Waals surface area contributed by atoms with Gasteiger partial charge in [-0.15, -0.1) is 0 Å². The standard InChI is InChI=1S/C17H22N4O4/c18-12(9-22)7-19-6-10-1-2-13-11(5-10)8-21(17(13)25)14-3-4-15(23)20-16(14)24/h1-2,5,12,14,19,22H,3-4,6-9,18H2,(H,20,23,24)/t12-,14?/m0/s1. The van der Waals surface area contributed by atoms with Gasteiger partial charge in [-0.25, -0.2) is 0 Å². The van der Waals surface area contributed by atoms with E-state index in [4.69, 9.17) is 10.8 Å². The van der Waals surface area contributed by atoms with Crippen LogP contribution in [0, 0.1) is 0 Å². The lowest BCUT2D eigenvalue weighted by atomic mass is 10.0. The maximum Gasteiger partial charge on any atom is 0.255 e. The first-order valence-electron chi connectivity index (χ1n) is 8.33. The van der Waals surface area contributed by atoms with Crippen molar-refractivity contribution >= 4 is 17.7 Å². The Morgan fingerprint density at radius 2 is 2.16 bits per heavy atom. The summed E-state index contributed by atoms with van der Waals surface area (Å²) in [5.74, 6) is -0.872. The van der Waals surface area contributed by atoms with Gasteiger partial charge in [0.15, 0.2) is 0 Å². The maximum atomic E-state index is 12.6. The molecule has 2 heterocycles. The Balaban J connectivity index is 1.67. The number of carbonyl (C=O) groups excluding carboxylic acids is 3. The van der Waals surface area contributed by atoms with E-state index in [1.807, 2.05) is 12.1 Å². The number of rotatable bonds is 6. The minimum absolute atomic E-state index is 0.0768. The van der Waals surface area contributed by atoms with Gasteiger partial charge in [-0.3, -0.25) is 19.7 Å². The van der Waals surface area contributed by atoms with Crippen LogP contribution in [0.2, 0.25) is 0 Å². The number of hydrogen-bond acceptors (Lipinski definition) is 6. The van der Waals surface area contributed by atoms with Crippen LogP contribution in [0.1, 0.15) is 34.3 Å². The number of amides is 3. The molecule has 8 heteroatoms. The van der Waals surface area contributed by atoms with Gasteiger partial charge in [-0.2, -0.15) is 0 Å². The molecule has 1 saturated heterocycles. The van der Waals surface area contributed by atoms with Crippen LogP contribution in [0.4, 0.5) is 0 Å². The van der Waals surface area contributed by atoms with E-state index < -0.39 is 11.9 Å². The van der Waals surface area contributed by atoms with Crippen molar-refractivity contribution in [3.05, 3.63) is 34.9 Å². The number of imide groups is 1. The van der Waals surface area contributed by atoms with Gasteiger partial charge in [0, 0.05) is 37.7 Å². The molecule has 134 valence electrons. The molecule has 8 nitrogen and oxygen atoms in total. The zero-order valence-electron chi connectivity index (χ0n) is 13.8. The Hall–Kier alpha value is -2.29. The smallest absolute Gasteiger partial charge is 0.255 e. The molecule has 0 spiro atoms. The SMILES string of the molecule is N[C@H](CO)CNCc1ccc2c(c1)CN(C1CCC(=O)NC1=O)C2=O. The highest BCUT2D eigenvalue weighted by Crippen LogP contribution is 2.28. The number of benzene rings is 1. The van der Waals surface area contributed by atoms with E-state index in [1.165, 1.54) is 4.90 Å². The predicted octanol–water partition coefficient (Wildman–Crippen LogP) is -1.14. The molecule has 0 bridgehead atoms. The summed E-state index contributed by atoms with van der Waals surface area (Å²) in [7, 11) is 0. The molecule has 1 fully saturated rings. The second-order valence-corrected chi connectivity index (χ2v) is 6.47. The molecule has 1 aromatic rings. The van der Waals surface area contributed by atoms with Crippen LogP contribution in [0.25, 0.3) is 0 Å². The minimum Gasteiger partial charge on any atom is -0.395 e. The Morgan fingerprint density at radius 1 is 1.36 bits per heavy atom. The summed E-state index contributed by atoms with van der Waals surface area (Å²) >= 11 is 0. The summed E-state index contributed by atoms with van der Waals surface area (Å²) in [5.41, 5.74) is 8.12. The van der Waals surface area contributed by atoms with Crippen LogP contribution in [0.3, 0.4) is 0 Å². The summed E-state index contributed by atoms with van der Waals surface area (Å²) in [4.78, 5) is 37.4. The third-order valence-electron chi connectivity index (χ3n) is 4.56. The first kappa shape index (κ1) is 17.5. The van der Waals surface area contributed by atoms with Gasteiger partial charge < -0.3 is 21.1 Å². The zero-order chi connectivity index (χ0) is 18.0. The predicted molar refractivity (Wildman–Crippen MR) is 89.3 cm³/mol. The van der Waals surface area contributed by atoms with E-state index in [-0.39, 0.29) is 30.9 Å². The Labute approximate surface area is 145 Å². The molecule has 0 saturated carbocycles.